The van der Waals surface area contributed by atoms with Gasteiger partial charge in [-0.3, -0.25) is 4.57 Å². The van der Waals surface area contributed by atoms with E-state index < -0.39 is 5.76 Å². The molecule has 0 spiro atoms. The lowest BCUT2D eigenvalue weighted by atomic mass is 10.1. The Labute approximate surface area is 133 Å². The summed E-state index contributed by atoms with van der Waals surface area (Å²) in [6.45, 7) is 0.523. The summed E-state index contributed by atoms with van der Waals surface area (Å²) in [5, 5.41) is 12.6. The van der Waals surface area contributed by atoms with Crippen LogP contribution in [0.2, 0.25) is 0 Å². The first-order chi connectivity index (χ1) is 11.0. The van der Waals surface area contributed by atoms with Crippen molar-refractivity contribution in [1.29, 1.82) is 0 Å². The molecule has 2 aromatic rings. The third kappa shape index (κ3) is 3.10. The van der Waals surface area contributed by atoms with E-state index in [9.17, 15) is 14.7 Å². The number of urea groups is 1. The maximum atomic E-state index is 12.3. The molecule has 0 saturated heterocycles. The molecule has 1 heterocycles. The molecule has 7 nitrogen and oxygen atoms in total. The Morgan fingerprint density at radius 2 is 2.26 bits per heavy atom. The molecule has 2 atom stereocenters. The lowest BCUT2D eigenvalue weighted by Gasteiger charge is -2.23. The maximum Gasteiger partial charge on any atom is 0.419 e. The molecule has 1 aliphatic carbocycles. The summed E-state index contributed by atoms with van der Waals surface area (Å²) in [4.78, 5) is 25.3. The molecule has 0 bridgehead atoms. The summed E-state index contributed by atoms with van der Waals surface area (Å²) in [6.07, 6.45) is 2.44. The van der Waals surface area contributed by atoms with E-state index in [0.717, 1.165) is 19.3 Å². The monoisotopic (exact) mass is 319 g/mol. The summed E-state index contributed by atoms with van der Waals surface area (Å²) in [7, 11) is 3.34. The number of aliphatic hydroxyl groups excluding tert-OH is 1. The van der Waals surface area contributed by atoms with Crippen LogP contribution >= 0.6 is 0 Å². The highest BCUT2D eigenvalue weighted by atomic mass is 16.4. The number of amides is 2. The highest BCUT2D eigenvalue weighted by Gasteiger charge is 2.27. The van der Waals surface area contributed by atoms with Gasteiger partial charge >= 0.3 is 11.8 Å². The number of aromatic nitrogens is 1. The van der Waals surface area contributed by atoms with E-state index in [-0.39, 0.29) is 18.1 Å². The molecule has 23 heavy (non-hydrogen) atoms. The first kappa shape index (κ1) is 15.6. The largest absolute Gasteiger partial charge is 0.419 e. The number of hydrogen-bond donors (Lipinski definition) is 2. The highest BCUT2D eigenvalue weighted by molar-refractivity contribution is 5.91. The van der Waals surface area contributed by atoms with E-state index in [1.165, 1.54) is 4.57 Å². The minimum atomic E-state index is -0.434. The van der Waals surface area contributed by atoms with Gasteiger partial charge in [0.25, 0.3) is 0 Å². The van der Waals surface area contributed by atoms with Crippen LogP contribution in [0.25, 0.3) is 11.1 Å². The number of aliphatic hydroxyl groups is 1. The van der Waals surface area contributed by atoms with Gasteiger partial charge in [0.1, 0.15) is 0 Å². The highest BCUT2D eigenvalue weighted by Crippen LogP contribution is 2.26. The fourth-order valence-corrected chi connectivity index (χ4v) is 3.10. The van der Waals surface area contributed by atoms with Crippen LogP contribution in [0.15, 0.2) is 27.4 Å². The number of rotatable bonds is 3. The van der Waals surface area contributed by atoms with E-state index in [1.54, 1.807) is 37.2 Å². The topological polar surface area (TPSA) is 87.7 Å². The summed E-state index contributed by atoms with van der Waals surface area (Å²) >= 11 is 0. The van der Waals surface area contributed by atoms with E-state index in [4.69, 9.17) is 4.42 Å². The predicted octanol–water partition coefficient (Wildman–Crippen LogP) is 1.76. The van der Waals surface area contributed by atoms with Gasteiger partial charge in [0.2, 0.25) is 0 Å². The van der Waals surface area contributed by atoms with Crippen LogP contribution in [0.1, 0.15) is 19.3 Å². The number of nitrogens with one attached hydrogen (secondary N) is 1. The molecular weight excluding hydrogens is 298 g/mol. The predicted molar refractivity (Wildman–Crippen MR) is 86.5 cm³/mol. The molecule has 3 rings (SSSR count). The van der Waals surface area contributed by atoms with Crippen molar-refractivity contribution in [3.63, 3.8) is 0 Å². The van der Waals surface area contributed by atoms with E-state index in [2.05, 4.69) is 5.32 Å². The number of aryl methyl sites for hydroxylation is 1. The molecular formula is C16H21N3O4. The summed E-state index contributed by atoms with van der Waals surface area (Å²) in [5.74, 6) is -0.295. The molecule has 124 valence electrons. The van der Waals surface area contributed by atoms with Crippen molar-refractivity contribution in [2.24, 2.45) is 13.0 Å². The van der Waals surface area contributed by atoms with Gasteiger partial charge in [-0.2, -0.15) is 0 Å². The second-order valence-electron chi connectivity index (χ2n) is 6.18. The van der Waals surface area contributed by atoms with Crippen molar-refractivity contribution in [3.05, 3.63) is 28.7 Å². The molecule has 1 fully saturated rings. The Bertz CT molecular complexity index is 779. The first-order valence-electron chi connectivity index (χ1n) is 7.75. The Morgan fingerprint density at radius 3 is 2.96 bits per heavy atom. The van der Waals surface area contributed by atoms with Gasteiger partial charge in [0.05, 0.1) is 11.6 Å². The average Bonchev–Trinajstić information content (AvgIpc) is 3.03. The lowest BCUT2D eigenvalue weighted by Crippen LogP contribution is -2.37. The van der Waals surface area contributed by atoms with Crippen molar-refractivity contribution in [1.82, 2.24) is 9.47 Å². The number of oxazole rings is 1. The molecule has 0 radical (unpaired) electrons. The van der Waals surface area contributed by atoms with Gasteiger partial charge in [-0.25, -0.2) is 9.59 Å². The minimum absolute atomic E-state index is 0.139. The number of benzene rings is 1. The van der Waals surface area contributed by atoms with Gasteiger partial charge in [0, 0.05) is 38.3 Å². The quantitative estimate of drug-likeness (QED) is 0.902. The van der Waals surface area contributed by atoms with E-state index in [0.29, 0.717) is 23.3 Å². The van der Waals surface area contributed by atoms with Crippen LogP contribution in [0, 0.1) is 5.92 Å². The summed E-state index contributed by atoms with van der Waals surface area (Å²) in [6, 6.07) is 4.85. The second-order valence-corrected chi connectivity index (χ2v) is 6.18. The second kappa shape index (κ2) is 6.08. The normalized spacial score (nSPS) is 20.8. The van der Waals surface area contributed by atoms with Crippen LogP contribution in [0.3, 0.4) is 0 Å². The number of carbonyl (C=O) groups is 1. The molecule has 1 saturated carbocycles. The smallest absolute Gasteiger partial charge is 0.408 e. The summed E-state index contributed by atoms with van der Waals surface area (Å²) in [5.41, 5.74) is 1.68. The zero-order valence-corrected chi connectivity index (χ0v) is 13.3. The Balaban J connectivity index is 1.68. The molecule has 1 aromatic heterocycles. The van der Waals surface area contributed by atoms with Crippen molar-refractivity contribution in [2.75, 3.05) is 18.9 Å². The van der Waals surface area contributed by atoms with Gasteiger partial charge in [-0.05, 0) is 25.0 Å². The molecule has 1 aromatic carbocycles. The zero-order valence-electron chi connectivity index (χ0n) is 13.3. The first-order valence-corrected chi connectivity index (χ1v) is 7.75. The van der Waals surface area contributed by atoms with Crippen molar-refractivity contribution < 1.29 is 14.3 Å². The van der Waals surface area contributed by atoms with Crippen LogP contribution in [-0.4, -0.2) is 40.3 Å². The van der Waals surface area contributed by atoms with Crippen LogP contribution in [0.4, 0.5) is 10.5 Å². The van der Waals surface area contributed by atoms with Crippen molar-refractivity contribution in [2.45, 2.75) is 25.4 Å². The number of fused-ring (bicyclic) bond motifs is 1. The lowest BCUT2D eigenvalue weighted by molar-refractivity contribution is 0.116. The standard InChI is InChI=1S/C16H21N3O4/c1-18(9-10-4-3-5-13(10)20)15(21)17-11-6-7-12-14(8-11)23-16(22)19(12)2/h6-8,10,13,20H,3-5,9H2,1-2H3,(H,17,21). The van der Waals surface area contributed by atoms with Gasteiger partial charge in [-0.1, -0.05) is 6.42 Å². The molecule has 2 amide bonds. The Hall–Kier alpha value is -2.28. The average molecular weight is 319 g/mol. The van der Waals surface area contributed by atoms with Gasteiger partial charge in [0.15, 0.2) is 5.58 Å². The van der Waals surface area contributed by atoms with Crippen LogP contribution < -0.4 is 11.1 Å². The maximum absolute atomic E-state index is 12.3. The van der Waals surface area contributed by atoms with Crippen molar-refractivity contribution >= 4 is 22.8 Å². The summed E-state index contributed by atoms with van der Waals surface area (Å²) < 4.78 is 6.52. The van der Waals surface area contributed by atoms with Crippen molar-refractivity contribution in [3.8, 4) is 0 Å². The Morgan fingerprint density at radius 1 is 1.48 bits per heavy atom. The van der Waals surface area contributed by atoms with Gasteiger partial charge < -0.3 is 19.7 Å². The van der Waals surface area contributed by atoms with Crippen LogP contribution in [-0.2, 0) is 7.05 Å². The molecule has 1 aliphatic rings. The number of nitrogens with zero attached hydrogens (tertiary/aromatic N) is 2. The molecule has 7 heteroatoms. The molecule has 2 unspecified atom stereocenters. The fraction of sp³-hybridized carbons (Fsp3) is 0.500. The number of carbonyl (C=O) groups excluding carboxylic acids is 1. The molecule has 2 N–H and O–H groups in total. The third-order valence-electron chi connectivity index (χ3n) is 4.52. The van der Waals surface area contributed by atoms with Crippen LogP contribution in [0.5, 0.6) is 0 Å². The van der Waals surface area contributed by atoms with E-state index >= 15 is 0 Å². The fourth-order valence-electron chi connectivity index (χ4n) is 3.10. The molecule has 0 aliphatic heterocycles. The Kier molecular flexibility index (Phi) is 4.12. The minimum Gasteiger partial charge on any atom is -0.408 e. The number of hydrogen-bond acceptors (Lipinski definition) is 4. The van der Waals surface area contributed by atoms with E-state index in [1.807, 2.05) is 0 Å². The third-order valence-corrected chi connectivity index (χ3v) is 4.52. The van der Waals surface area contributed by atoms with Gasteiger partial charge in [-0.15, -0.1) is 0 Å². The number of anilines is 1. The zero-order chi connectivity index (χ0) is 16.6. The SMILES string of the molecule is CN(CC1CCCC1O)C(=O)Nc1ccc2c(c1)oc(=O)n2C.